The Morgan fingerprint density at radius 2 is 1.89 bits per heavy atom. The minimum absolute atomic E-state index is 0.641. The summed E-state index contributed by atoms with van der Waals surface area (Å²) in [4.78, 5) is 7.77. The summed E-state index contributed by atoms with van der Waals surface area (Å²) >= 11 is 0. The maximum atomic E-state index is 5.72. The molecule has 2 aromatic heterocycles. The van der Waals surface area contributed by atoms with Crippen LogP contribution in [0.1, 0.15) is 5.56 Å². The number of hydrogen-bond acceptors (Lipinski definition) is 2. The molecule has 0 aliphatic carbocycles. The third-order valence-corrected chi connectivity index (χ3v) is 3.13. The second-order valence-electron chi connectivity index (χ2n) is 4.28. The Morgan fingerprint density at radius 1 is 1.06 bits per heavy atom. The van der Waals surface area contributed by atoms with Crippen molar-refractivity contribution in [2.24, 2.45) is 5.73 Å². The molecule has 18 heavy (non-hydrogen) atoms. The topological polar surface area (TPSA) is 54.7 Å². The minimum Gasteiger partial charge on any atom is -0.339 e. The molecule has 3 aromatic rings. The first kappa shape index (κ1) is 11.0. The van der Waals surface area contributed by atoms with E-state index in [1.165, 1.54) is 16.5 Å². The zero-order valence-corrected chi connectivity index (χ0v) is 10.1. The van der Waals surface area contributed by atoms with Crippen molar-refractivity contribution in [1.82, 2.24) is 9.97 Å². The molecule has 0 amide bonds. The van der Waals surface area contributed by atoms with Crippen molar-refractivity contribution < 1.29 is 0 Å². The van der Waals surface area contributed by atoms with Gasteiger partial charge < -0.3 is 10.7 Å². The standard InChI is InChI=1S/C15H15N3/c16-9-8-12-13-7-4-10-17-15(13)18-14(12)11-5-2-1-3-6-11/h1-7,10H,8-9,16H2,(H,17,18). The number of hydrogen-bond donors (Lipinski definition) is 2. The van der Waals surface area contributed by atoms with Crippen LogP contribution in [0.5, 0.6) is 0 Å². The van der Waals surface area contributed by atoms with Crippen molar-refractivity contribution in [3.63, 3.8) is 0 Å². The Bertz CT molecular complexity index is 656. The summed E-state index contributed by atoms with van der Waals surface area (Å²) in [7, 11) is 0. The summed E-state index contributed by atoms with van der Waals surface area (Å²) in [5.74, 6) is 0. The molecule has 0 spiro atoms. The fourth-order valence-electron chi connectivity index (χ4n) is 2.33. The van der Waals surface area contributed by atoms with Crippen LogP contribution in [0, 0.1) is 0 Å². The Morgan fingerprint density at radius 3 is 2.67 bits per heavy atom. The number of nitrogens with one attached hydrogen (secondary N) is 1. The second kappa shape index (κ2) is 4.63. The van der Waals surface area contributed by atoms with E-state index in [1.807, 2.05) is 24.3 Å². The van der Waals surface area contributed by atoms with Crippen molar-refractivity contribution >= 4 is 11.0 Å². The molecular formula is C15H15N3. The quantitative estimate of drug-likeness (QED) is 0.736. The fraction of sp³-hybridized carbons (Fsp3) is 0.133. The number of rotatable bonds is 3. The van der Waals surface area contributed by atoms with Crippen LogP contribution >= 0.6 is 0 Å². The molecule has 0 bridgehead atoms. The van der Waals surface area contributed by atoms with Crippen molar-refractivity contribution in [3.8, 4) is 11.3 Å². The molecule has 0 radical (unpaired) electrons. The predicted octanol–water partition coefficient (Wildman–Crippen LogP) is 2.73. The first-order valence-electron chi connectivity index (χ1n) is 6.11. The SMILES string of the molecule is NCCc1c(-c2ccccc2)[nH]c2ncccc12. The van der Waals surface area contributed by atoms with Crippen molar-refractivity contribution in [3.05, 3.63) is 54.2 Å². The summed E-state index contributed by atoms with van der Waals surface area (Å²) in [5, 5.41) is 1.17. The fourth-order valence-corrected chi connectivity index (χ4v) is 2.33. The lowest BCUT2D eigenvalue weighted by molar-refractivity contribution is 0.978. The first-order valence-corrected chi connectivity index (χ1v) is 6.11. The van der Waals surface area contributed by atoms with Crippen LogP contribution in [-0.2, 0) is 6.42 Å². The highest BCUT2D eigenvalue weighted by Crippen LogP contribution is 2.29. The molecule has 0 atom stereocenters. The van der Waals surface area contributed by atoms with Gasteiger partial charge in [0.2, 0.25) is 0 Å². The van der Waals surface area contributed by atoms with Gasteiger partial charge in [0.05, 0.1) is 5.69 Å². The van der Waals surface area contributed by atoms with Gasteiger partial charge in [-0.05, 0) is 36.2 Å². The van der Waals surface area contributed by atoms with Crippen LogP contribution in [0.25, 0.3) is 22.3 Å². The molecule has 2 heterocycles. The maximum absolute atomic E-state index is 5.72. The van der Waals surface area contributed by atoms with Gasteiger partial charge in [-0.1, -0.05) is 30.3 Å². The van der Waals surface area contributed by atoms with Crippen molar-refractivity contribution in [2.75, 3.05) is 6.54 Å². The Hall–Kier alpha value is -2.13. The number of nitrogens with two attached hydrogens (primary N) is 1. The second-order valence-corrected chi connectivity index (χ2v) is 4.28. The van der Waals surface area contributed by atoms with E-state index in [-0.39, 0.29) is 0 Å². The normalized spacial score (nSPS) is 10.9. The van der Waals surface area contributed by atoms with Crippen molar-refractivity contribution in [2.45, 2.75) is 6.42 Å². The average Bonchev–Trinajstić information content (AvgIpc) is 2.80. The van der Waals surface area contributed by atoms with Crippen LogP contribution in [0.4, 0.5) is 0 Å². The largest absolute Gasteiger partial charge is 0.339 e. The Balaban J connectivity index is 2.25. The molecule has 3 rings (SSSR count). The van der Waals surface area contributed by atoms with Gasteiger partial charge in [0.1, 0.15) is 5.65 Å². The van der Waals surface area contributed by atoms with E-state index in [1.54, 1.807) is 6.20 Å². The highest BCUT2D eigenvalue weighted by atomic mass is 14.9. The maximum Gasteiger partial charge on any atom is 0.137 e. The number of pyridine rings is 1. The van der Waals surface area contributed by atoms with Gasteiger partial charge >= 0.3 is 0 Å². The molecule has 0 saturated carbocycles. The van der Waals surface area contributed by atoms with Gasteiger partial charge in [-0.3, -0.25) is 0 Å². The van der Waals surface area contributed by atoms with E-state index in [4.69, 9.17) is 5.73 Å². The zero-order chi connectivity index (χ0) is 12.4. The summed E-state index contributed by atoms with van der Waals surface area (Å²) in [6, 6.07) is 14.4. The number of aromatic nitrogens is 2. The van der Waals surface area contributed by atoms with Crippen molar-refractivity contribution in [1.29, 1.82) is 0 Å². The van der Waals surface area contributed by atoms with E-state index in [0.29, 0.717) is 6.54 Å². The van der Waals surface area contributed by atoms with Gasteiger partial charge in [-0.2, -0.15) is 0 Å². The predicted molar refractivity (Wildman–Crippen MR) is 74.3 cm³/mol. The van der Waals surface area contributed by atoms with Crippen LogP contribution in [0.2, 0.25) is 0 Å². The van der Waals surface area contributed by atoms with E-state index in [9.17, 15) is 0 Å². The lowest BCUT2D eigenvalue weighted by atomic mass is 10.0. The van der Waals surface area contributed by atoms with Gasteiger partial charge in [-0.15, -0.1) is 0 Å². The number of aromatic amines is 1. The van der Waals surface area contributed by atoms with Crippen LogP contribution in [0.15, 0.2) is 48.7 Å². The van der Waals surface area contributed by atoms with Gasteiger partial charge in [0.15, 0.2) is 0 Å². The Kier molecular flexibility index (Phi) is 2.82. The minimum atomic E-state index is 0.641. The summed E-state index contributed by atoms with van der Waals surface area (Å²) in [5.41, 5.74) is 10.2. The highest BCUT2D eigenvalue weighted by molar-refractivity contribution is 5.88. The monoisotopic (exact) mass is 237 g/mol. The molecular weight excluding hydrogens is 222 g/mol. The first-order chi connectivity index (χ1) is 8.90. The lowest BCUT2D eigenvalue weighted by Crippen LogP contribution is -2.03. The molecule has 3 N–H and O–H groups in total. The summed E-state index contributed by atoms with van der Waals surface area (Å²) in [6.45, 7) is 0.641. The molecule has 0 aliphatic rings. The lowest BCUT2D eigenvalue weighted by Gasteiger charge is -2.03. The Labute approximate surface area is 106 Å². The molecule has 90 valence electrons. The molecule has 0 saturated heterocycles. The molecule has 0 aliphatic heterocycles. The number of nitrogens with zero attached hydrogens (tertiary/aromatic N) is 1. The van der Waals surface area contributed by atoms with Crippen LogP contribution < -0.4 is 5.73 Å². The van der Waals surface area contributed by atoms with E-state index in [0.717, 1.165) is 17.8 Å². The van der Waals surface area contributed by atoms with Crippen LogP contribution in [-0.4, -0.2) is 16.5 Å². The molecule has 0 unspecified atom stereocenters. The molecule has 3 heteroatoms. The van der Waals surface area contributed by atoms with Gasteiger partial charge in [0, 0.05) is 11.6 Å². The third-order valence-electron chi connectivity index (χ3n) is 3.13. The molecule has 1 aromatic carbocycles. The van der Waals surface area contributed by atoms with Gasteiger partial charge in [-0.25, -0.2) is 4.98 Å². The number of H-pyrrole nitrogens is 1. The summed E-state index contributed by atoms with van der Waals surface area (Å²) in [6.07, 6.45) is 2.66. The molecule has 0 fully saturated rings. The van der Waals surface area contributed by atoms with E-state index < -0.39 is 0 Å². The number of fused-ring (bicyclic) bond motifs is 1. The van der Waals surface area contributed by atoms with E-state index >= 15 is 0 Å². The van der Waals surface area contributed by atoms with Crippen LogP contribution in [0.3, 0.4) is 0 Å². The summed E-state index contributed by atoms with van der Waals surface area (Å²) < 4.78 is 0. The average molecular weight is 237 g/mol. The molecule has 3 nitrogen and oxygen atoms in total. The van der Waals surface area contributed by atoms with Gasteiger partial charge in [0.25, 0.3) is 0 Å². The highest BCUT2D eigenvalue weighted by Gasteiger charge is 2.12. The third kappa shape index (κ3) is 1.79. The van der Waals surface area contributed by atoms with E-state index in [2.05, 4.69) is 28.2 Å². The number of benzene rings is 1. The zero-order valence-electron chi connectivity index (χ0n) is 10.1. The smallest absolute Gasteiger partial charge is 0.137 e.